The van der Waals surface area contributed by atoms with Gasteiger partial charge in [-0.2, -0.15) is 11.3 Å². The molecule has 0 spiro atoms. The van der Waals surface area contributed by atoms with E-state index in [1.165, 1.54) is 11.3 Å². The molecule has 3 rings (SSSR count). The maximum Gasteiger partial charge on any atom is 0.258 e. The van der Waals surface area contributed by atoms with Crippen molar-refractivity contribution in [2.75, 3.05) is 6.54 Å². The van der Waals surface area contributed by atoms with Gasteiger partial charge >= 0.3 is 0 Å². The van der Waals surface area contributed by atoms with E-state index in [1.54, 1.807) is 34.5 Å². The summed E-state index contributed by atoms with van der Waals surface area (Å²) in [5, 5.41) is 4.66. The second-order valence-corrected chi connectivity index (χ2v) is 6.22. The Kier molecular flexibility index (Phi) is 4.45. The third-order valence-corrected chi connectivity index (χ3v) is 4.41. The van der Waals surface area contributed by atoms with Gasteiger partial charge in [0.05, 0.1) is 23.0 Å². The van der Waals surface area contributed by atoms with Crippen molar-refractivity contribution in [2.45, 2.75) is 13.5 Å². The number of amides is 1. The highest BCUT2D eigenvalue weighted by Crippen LogP contribution is 2.16. The van der Waals surface area contributed by atoms with Gasteiger partial charge in [0.25, 0.3) is 11.5 Å². The number of hydrogen-bond acceptors (Lipinski definition) is 4. The average molecular weight is 348 g/mol. The van der Waals surface area contributed by atoms with Crippen molar-refractivity contribution in [1.82, 2.24) is 14.9 Å². The number of halogens is 1. The van der Waals surface area contributed by atoms with Crippen LogP contribution in [0.25, 0.3) is 10.9 Å². The molecule has 0 fully saturated rings. The lowest BCUT2D eigenvalue weighted by Crippen LogP contribution is -2.31. The predicted octanol–water partition coefficient (Wildman–Crippen LogP) is 3.30. The van der Waals surface area contributed by atoms with Crippen molar-refractivity contribution in [2.24, 2.45) is 0 Å². The van der Waals surface area contributed by atoms with Crippen molar-refractivity contribution in [3.05, 3.63) is 61.8 Å². The molecule has 1 N–H and O–H groups in total. The molecule has 0 aliphatic heterocycles. The molecule has 0 atom stereocenters. The molecular weight excluding hydrogens is 334 g/mol. The van der Waals surface area contributed by atoms with E-state index in [0.29, 0.717) is 33.9 Å². The third-order valence-electron chi connectivity index (χ3n) is 3.50. The van der Waals surface area contributed by atoms with Gasteiger partial charge in [0.2, 0.25) is 0 Å². The van der Waals surface area contributed by atoms with E-state index >= 15 is 0 Å². The molecule has 2 aromatic heterocycles. The molecule has 0 aliphatic carbocycles. The SMILES string of the molecule is CCN(Cc1nc2cc(Cl)ccc2c(=O)[nH]1)C(=O)c1ccsc1. The summed E-state index contributed by atoms with van der Waals surface area (Å²) in [6, 6.07) is 6.72. The molecule has 23 heavy (non-hydrogen) atoms. The van der Waals surface area contributed by atoms with Crippen LogP contribution in [0.4, 0.5) is 0 Å². The summed E-state index contributed by atoms with van der Waals surface area (Å²) in [5.41, 5.74) is 0.930. The first kappa shape index (κ1) is 15.7. The summed E-state index contributed by atoms with van der Waals surface area (Å²) in [7, 11) is 0. The Balaban J connectivity index is 1.93. The van der Waals surface area contributed by atoms with Gasteiger partial charge in [-0.3, -0.25) is 9.59 Å². The van der Waals surface area contributed by atoms with E-state index in [4.69, 9.17) is 11.6 Å². The summed E-state index contributed by atoms with van der Waals surface area (Å²) in [6.45, 7) is 2.65. The predicted molar refractivity (Wildman–Crippen MR) is 92.1 cm³/mol. The molecule has 0 saturated heterocycles. The highest BCUT2D eigenvalue weighted by Gasteiger charge is 2.16. The van der Waals surface area contributed by atoms with E-state index in [-0.39, 0.29) is 18.0 Å². The molecule has 1 amide bonds. The zero-order chi connectivity index (χ0) is 16.4. The van der Waals surface area contributed by atoms with Gasteiger partial charge in [-0.05, 0) is 36.6 Å². The minimum atomic E-state index is -0.235. The summed E-state index contributed by atoms with van der Waals surface area (Å²) >= 11 is 7.43. The number of fused-ring (bicyclic) bond motifs is 1. The van der Waals surface area contributed by atoms with E-state index in [9.17, 15) is 9.59 Å². The number of nitrogens with one attached hydrogen (secondary N) is 1. The monoisotopic (exact) mass is 347 g/mol. The molecule has 2 heterocycles. The number of benzene rings is 1. The number of aromatic nitrogens is 2. The Morgan fingerprint density at radius 1 is 1.39 bits per heavy atom. The molecule has 118 valence electrons. The number of carbonyl (C=O) groups excluding carboxylic acids is 1. The van der Waals surface area contributed by atoms with Gasteiger partial charge in [-0.25, -0.2) is 4.98 Å². The van der Waals surface area contributed by atoms with Gasteiger partial charge < -0.3 is 9.88 Å². The lowest BCUT2D eigenvalue weighted by Gasteiger charge is -2.19. The zero-order valence-electron chi connectivity index (χ0n) is 12.4. The summed E-state index contributed by atoms with van der Waals surface area (Å²) < 4.78 is 0. The fourth-order valence-corrected chi connectivity index (χ4v) is 3.11. The number of rotatable bonds is 4. The minimum absolute atomic E-state index is 0.0809. The number of hydrogen-bond donors (Lipinski definition) is 1. The topological polar surface area (TPSA) is 66.1 Å². The minimum Gasteiger partial charge on any atom is -0.331 e. The van der Waals surface area contributed by atoms with Crippen LogP contribution in [0.3, 0.4) is 0 Å². The maximum atomic E-state index is 12.4. The quantitative estimate of drug-likeness (QED) is 0.787. The fraction of sp³-hybridized carbons (Fsp3) is 0.188. The van der Waals surface area contributed by atoms with Gasteiger partial charge in [-0.15, -0.1) is 0 Å². The number of nitrogens with zero attached hydrogens (tertiary/aromatic N) is 2. The van der Waals surface area contributed by atoms with Crippen molar-refractivity contribution in [1.29, 1.82) is 0 Å². The Morgan fingerprint density at radius 2 is 2.22 bits per heavy atom. The maximum absolute atomic E-state index is 12.4. The molecule has 7 heteroatoms. The van der Waals surface area contributed by atoms with Crippen LogP contribution in [0.1, 0.15) is 23.1 Å². The molecular formula is C16H14ClN3O2S. The van der Waals surface area contributed by atoms with E-state index in [2.05, 4.69) is 9.97 Å². The Hall–Kier alpha value is -2.18. The van der Waals surface area contributed by atoms with Crippen LogP contribution in [-0.4, -0.2) is 27.3 Å². The van der Waals surface area contributed by atoms with Crippen LogP contribution in [0.5, 0.6) is 0 Å². The van der Waals surface area contributed by atoms with Gasteiger partial charge in [0, 0.05) is 16.9 Å². The standard InChI is InChI=1S/C16H14ClN3O2S/c1-2-20(16(22)10-5-6-23-9-10)8-14-18-13-7-11(17)3-4-12(13)15(21)19-14/h3-7,9H,2,8H2,1H3,(H,18,19,21). The van der Waals surface area contributed by atoms with Gasteiger partial charge in [0.1, 0.15) is 5.82 Å². The van der Waals surface area contributed by atoms with Gasteiger partial charge in [0.15, 0.2) is 0 Å². The first-order chi connectivity index (χ1) is 11.1. The molecule has 3 aromatic rings. The Bertz CT molecular complexity index is 905. The van der Waals surface area contributed by atoms with E-state index < -0.39 is 0 Å². The molecule has 1 aromatic carbocycles. The Morgan fingerprint density at radius 3 is 2.91 bits per heavy atom. The normalized spacial score (nSPS) is 10.9. The summed E-state index contributed by atoms with van der Waals surface area (Å²) in [5.74, 6) is 0.359. The van der Waals surface area contributed by atoms with Crippen molar-refractivity contribution < 1.29 is 4.79 Å². The summed E-state index contributed by atoms with van der Waals surface area (Å²) in [6.07, 6.45) is 0. The van der Waals surface area contributed by atoms with Crippen molar-refractivity contribution in [3.63, 3.8) is 0 Å². The van der Waals surface area contributed by atoms with Crippen LogP contribution in [0.15, 0.2) is 39.8 Å². The number of aromatic amines is 1. The lowest BCUT2D eigenvalue weighted by atomic mass is 10.2. The number of thiophene rings is 1. The molecule has 0 bridgehead atoms. The largest absolute Gasteiger partial charge is 0.331 e. The van der Waals surface area contributed by atoms with Crippen LogP contribution in [-0.2, 0) is 6.54 Å². The number of carbonyl (C=O) groups is 1. The van der Waals surface area contributed by atoms with E-state index in [0.717, 1.165) is 0 Å². The first-order valence-corrected chi connectivity index (χ1v) is 8.40. The zero-order valence-corrected chi connectivity index (χ0v) is 13.9. The first-order valence-electron chi connectivity index (χ1n) is 7.08. The van der Waals surface area contributed by atoms with Crippen LogP contribution in [0.2, 0.25) is 5.02 Å². The second kappa shape index (κ2) is 6.52. The van der Waals surface area contributed by atoms with Crippen molar-refractivity contribution in [3.8, 4) is 0 Å². The van der Waals surface area contributed by atoms with Crippen molar-refractivity contribution >= 4 is 39.7 Å². The van der Waals surface area contributed by atoms with Gasteiger partial charge in [-0.1, -0.05) is 11.6 Å². The Labute approximate surface area is 141 Å². The summed E-state index contributed by atoms with van der Waals surface area (Å²) in [4.78, 5) is 33.4. The highest BCUT2D eigenvalue weighted by molar-refractivity contribution is 7.08. The molecule has 0 radical (unpaired) electrons. The van der Waals surface area contributed by atoms with Crippen LogP contribution in [0, 0.1) is 0 Å². The molecule has 0 saturated carbocycles. The third kappa shape index (κ3) is 3.28. The molecule has 5 nitrogen and oxygen atoms in total. The number of H-pyrrole nitrogens is 1. The lowest BCUT2D eigenvalue weighted by molar-refractivity contribution is 0.0749. The van der Waals surface area contributed by atoms with Crippen LogP contribution >= 0.6 is 22.9 Å². The molecule has 0 unspecified atom stereocenters. The van der Waals surface area contributed by atoms with Crippen LogP contribution < -0.4 is 5.56 Å². The fourth-order valence-electron chi connectivity index (χ4n) is 2.31. The average Bonchev–Trinajstić information content (AvgIpc) is 3.06. The second-order valence-electron chi connectivity index (χ2n) is 5.01. The molecule has 0 aliphatic rings. The van der Waals surface area contributed by atoms with E-state index in [1.807, 2.05) is 12.3 Å². The smallest absolute Gasteiger partial charge is 0.258 e. The highest BCUT2D eigenvalue weighted by atomic mass is 35.5.